The van der Waals surface area contributed by atoms with Crippen LogP contribution in [-0.4, -0.2) is 12.7 Å². The predicted octanol–water partition coefficient (Wildman–Crippen LogP) is 3.18. The summed E-state index contributed by atoms with van der Waals surface area (Å²) in [6.07, 6.45) is -0.791. The molecule has 6 nitrogen and oxygen atoms in total. The molecule has 17 heavy (non-hydrogen) atoms. The Kier molecular flexibility index (Phi) is 2.99. The molecular weight excluding hydrogens is 222 g/mol. The number of epoxide rings is 1. The Bertz CT molecular complexity index is 517. The molecule has 1 unspecified atom stereocenters. The van der Waals surface area contributed by atoms with Crippen molar-refractivity contribution in [1.82, 2.24) is 0 Å². The number of rotatable bonds is 2. The number of nitrogens with zero attached hydrogens (tertiary/aromatic N) is 3. The number of hydrogen-bond donors (Lipinski definition) is 0. The minimum Gasteiger partial charge on any atom is -0.421 e. The smallest absolute Gasteiger partial charge is 0.402 e. The fraction of sp³-hybridized carbons (Fsp3) is 0.364. The largest absolute Gasteiger partial charge is 0.421 e. The van der Waals surface area contributed by atoms with Crippen LogP contribution in [0.15, 0.2) is 17.2 Å². The number of carbonyl (C=O) groups excluding carboxylic acids is 1. The van der Waals surface area contributed by atoms with Gasteiger partial charge in [0.15, 0.2) is 0 Å². The van der Waals surface area contributed by atoms with E-state index < -0.39 is 6.09 Å². The molecule has 0 aliphatic carbocycles. The summed E-state index contributed by atoms with van der Waals surface area (Å²) in [4.78, 5) is 13.4. The Morgan fingerprint density at radius 1 is 1.53 bits per heavy atom. The maximum absolute atomic E-state index is 11.0. The first-order valence-corrected chi connectivity index (χ1v) is 5.12. The lowest BCUT2D eigenvalue weighted by molar-refractivity contribution is 0.210. The Morgan fingerprint density at radius 2 is 2.24 bits per heavy atom. The summed E-state index contributed by atoms with van der Waals surface area (Å²) in [5.41, 5.74) is 11.1. The summed E-state index contributed by atoms with van der Waals surface area (Å²) in [5, 5.41) is 2.86. The van der Waals surface area contributed by atoms with Gasteiger partial charge in [-0.3, -0.25) is 0 Å². The van der Waals surface area contributed by atoms with Crippen molar-refractivity contribution in [2.45, 2.75) is 20.0 Å². The molecular formula is C11H11N3O3. The standard InChI is InChI=1S/C11H11N3O3/c1-6-7(2)9(17-11(15)13-14-12)4-3-8(6)10-5-16-10/h3-4,10H,5H2,1-2H3. The first-order valence-electron chi connectivity index (χ1n) is 5.12. The van der Waals surface area contributed by atoms with Crippen LogP contribution in [0.3, 0.4) is 0 Å². The lowest BCUT2D eigenvalue weighted by Gasteiger charge is -2.11. The van der Waals surface area contributed by atoms with Gasteiger partial charge in [0.2, 0.25) is 0 Å². The van der Waals surface area contributed by atoms with E-state index in [1.54, 1.807) is 6.07 Å². The van der Waals surface area contributed by atoms with Crippen molar-refractivity contribution in [3.05, 3.63) is 39.3 Å². The van der Waals surface area contributed by atoms with Gasteiger partial charge in [-0.25, -0.2) is 4.79 Å². The molecule has 0 saturated carbocycles. The Labute approximate surface area is 97.8 Å². The molecule has 1 heterocycles. The minimum absolute atomic E-state index is 0.163. The van der Waals surface area contributed by atoms with Gasteiger partial charge < -0.3 is 9.47 Å². The normalized spacial score (nSPS) is 17.2. The molecule has 0 bridgehead atoms. The lowest BCUT2D eigenvalue weighted by Crippen LogP contribution is -2.04. The SMILES string of the molecule is Cc1c(OC(=O)N=[N+]=[N-])ccc(C2CO2)c1C. The van der Waals surface area contributed by atoms with E-state index in [0.717, 1.165) is 23.3 Å². The van der Waals surface area contributed by atoms with Gasteiger partial charge in [-0.1, -0.05) is 6.07 Å². The summed E-state index contributed by atoms with van der Waals surface area (Å²) >= 11 is 0. The van der Waals surface area contributed by atoms with Gasteiger partial charge in [0.25, 0.3) is 0 Å². The van der Waals surface area contributed by atoms with Crippen LogP contribution in [0, 0.1) is 13.8 Å². The second-order valence-corrected chi connectivity index (χ2v) is 3.78. The summed E-state index contributed by atoms with van der Waals surface area (Å²) in [6, 6.07) is 3.54. The zero-order valence-electron chi connectivity index (χ0n) is 9.51. The van der Waals surface area contributed by atoms with Gasteiger partial charge in [0, 0.05) is 10.0 Å². The van der Waals surface area contributed by atoms with Crippen LogP contribution >= 0.6 is 0 Å². The first-order chi connectivity index (χ1) is 8.13. The molecule has 0 spiro atoms. The van der Waals surface area contributed by atoms with E-state index in [4.69, 9.17) is 15.0 Å². The topological polar surface area (TPSA) is 87.6 Å². The fourth-order valence-corrected chi connectivity index (χ4v) is 1.65. The average Bonchev–Trinajstić information content (AvgIpc) is 3.09. The lowest BCUT2D eigenvalue weighted by atomic mass is 10.0. The molecule has 1 amide bonds. The second-order valence-electron chi connectivity index (χ2n) is 3.78. The van der Waals surface area contributed by atoms with Crippen molar-refractivity contribution in [2.24, 2.45) is 5.11 Å². The highest BCUT2D eigenvalue weighted by atomic mass is 16.6. The third kappa shape index (κ3) is 2.38. The molecule has 1 atom stereocenters. The molecule has 0 aromatic heterocycles. The number of hydrogen-bond acceptors (Lipinski definition) is 3. The third-order valence-electron chi connectivity index (χ3n) is 2.78. The number of ether oxygens (including phenoxy) is 2. The van der Waals surface area contributed by atoms with Crippen LogP contribution in [0.5, 0.6) is 5.75 Å². The number of amides is 1. The average molecular weight is 233 g/mol. The maximum Gasteiger partial charge on any atom is 0.402 e. The van der Waals surface area contributed by atoms with Gasteiger partial charge in [-0.2, -0.15) is 0 Å². The summed E-state index contributed by atoms with van der Waals surface area (Å²) < 4.78 is 10.1. The molecule has 1 aromatic rings. The highest BCUT2D eigenvalue weighted by Crippen LogP contribution is 2.36. The molecule has 1 aliphatic heterocycles. The van der Waals surface area contributed by atoms with Crippen LogP contribution in [0.25, 0.3) is 10.4 Å². The van der Waals surface area contributed by atoms with Crippen molar-refractivity contribution in [3.63, 3.8) is 0 Å². The third-order valence-corrected chi connectivity index (χ3v) is 2.78. The molecule has 2 rings (SSSR count). The van der Waals surface area contributed by atoms with Crippen LogP contribution in [-0.2, 0) is 4.74 Å². The molecule has 1 aromatic carbocycles. The molecule has 0 radical (unpaired) electrons. The van der Waals surface area contributed by atoms with Crippen molar-refractivity contribution < 1.29 is 14.3 Å². The summed E-state index contributed by atoms with van der Waals surface area (Å²) in [5.74, 6) is 0.407. The van der Waals surface area contributed by atoms with E-state index in [1.807, 2.05) is 19.9 Å². The molecule has 0 N–H and O–H groups in total. The van der Waals surface area contributed by atoms with Gasteiger partial charge in [0.05, 0.1) is 6.61 Å². The quantitative estimate of drug-likeness (QED) is 0.340. The first kappa shape index (κ1) is 11.4. The molecule has 88 valence electrons. The monoisotopic (exact) mass is 233 g/mol. The van der Waals surface area contributed by atoms with E-state index in [9.17, 15) is 4.79 Å². The Morgan fingerprint density at radius 3 is 2.82 bits per heavy atom. The summed E-state index contributed by atoms with van der Waals surface area (Å²) in [6.45, 7) is 4.52. The van der Waals surface area contributed by atoms with Crippen LogP contribution in [0.4, 0.5) is 4.79 Å². The van der Waals surface area contributed by atoms with Gasteiger partial charge >= 0.3 is 6.09 Å². The predicted molar refractivity (Wildman–Crippen MR) is 59.8 cm³/mol. The van der Waals surface area contributed by atoms with E-state index in [2.05, 4.69) is 10.0 Å². The van der Waals surface area contributed by atoms with Gasteiger partial charge in [-0.15, -0.1) is 0 Å². The second kappa shape index (κ2) is 4.45. The van der Waals surface area contributed by atoms with Gasteiger partial charge in [-0.05, 0) is 42.1 Å². The fourth-order valence-electron chi connectivity index (χ4n) is 1.65. The molecule has 1 saturated heterocycles. The Balaban J connectivity index is 2.27. The van der Waals surface area contributed by atoms with E-state index in [-0.39, 0.29) is 6.10 Å². The highest BCUT2D eigenvalue weighted by molar-refractivity contribution is 5.71. The highest BCUT2D eigenvalue weighted by Gasteiger charge is 2.27. The van der Waals surface area contributed by atoms with Crippen LogP contribution in [0.2, 0.25) is 0 Å². The number of azide groups is 1. The van der Waals surface area contributed by atoms with Crippen molar-refractivity contribution in [3.8, 4) is 5.75 Å². The van der Waals surface area contributed by atoms with Crippen molar-refractivity contribution >= 4 is 6.09 Å². The minimum atomic E-state index is -0.953. The van der Waals surface area contributed by atoms with E-state index >= 15 is 0 Å². The van der Waals surface area contributed by atoms with Crippen molar-refractivity contribution in [2.75, 3.05) is 6.61 Å². The zero-order chi connectivity index (χ0) is 12.4. The number of carbonyl (C=O) groups is 1. The van der Waals surface area contributed by atoms with Gasteiger partial charge in [0.1, 0.15) is 11.9 Å². The maximum atomic E-state index is 11.0. The van der Waals surface area contributed by atoms with E-state index in [0.29, 0.717) is 5.75 Å². The Hall–Kier alpha value is -2.04. The zero-order valence-corrected chi connectivity index (χ0v) is 9.51. The summed E-state index contributed by atoms with van der Waals surface area (Å²) in [7, 11) is 0. The number of benzene rings is 1. The van der Waals surface area contributed by atoms with Crippen LogP contribution in [0.1, 0.15) is 22.8 Å². The molecule has 6 heteroatoms. The molecule has 1 aliphatic rings. The molecule has 1 fully saturated rings. The van der Waals surface area contributed by atoms with E-state index in [1.165, 1.54) is 0 Å². The van der Waals surface area contributed by atoms with Crippen LogP contribution < -0.4 is 4.74 Å². The van der Waals surface area contributed by atoms with Crippen molar-refractivity contribution in [1.29, 1.82) is 0 Å².